The standard InChI is InChI=1S/C13H12N2O2/c1-17-9-6-7-12(15-8-9)10-4-2-3-5-11(10)13(14)16/h2-8H,1H3,(H2,14,16). The van der Waals surface area contributed by atoms with Crippen LogP contribution in [0.2, 0.25) is 0 Å². The molecule has 0 bridgehead atoms. The number of nitrogens with two attached hydrogens (primary N) is 1. The summed E-state index contributed by atoms with van der Waals surface area (Å²) in [5.74, 6) is 0.212. The average Bonchev–Trinajstić information content (AvgIpc) is 2.39. The molecule has 2 rings (SSSR count). The number of carbonyl (C=O) groups excluding carboxylic acids is 1. The number of amides is 1. The maximum absolute atomic E-state index is 11.3. The summed E-state index contributed by atoms with van der Waals surface area (Å²) in [7, 11) is 1.58. The Kier molecular flexibility index (Phi) is 3.05. The van der Waals surface area contributed by atoms with Crippen molar-refractivity contribution in [2.75, 3.05) is 7.11 Å². The number of hydrogen-bond donors (Lipinski definition) is 1. The molecule has 0 aliphatic rings. The summed E-state index contributed by atoms with van der Waals surface area (Å²) in [6, 6.07) is 10.7. The third-order valence-corrected chi connectivity index (χ3v) is 2.44. The van der Waals surface area contributed by atoms with Crippen LogP contribution in [0.1, 0.15) is 10.4 Å². The van der Waals surface area contributed by atoms with Gasteiger partial charge in [0.1, 0.15) is 5.75 Å². The van der Waals surface area contributed by atoms with Gasteiger partial charge in [0, 0.05) is 11.1 Å². The van der Waals surface area contributed by atoms with Crippen LogP contribution in [0.4, 0.5) is 0 Å². The molecule has 0 radical (unpaired) electrons. The zero-order valence-electron chi connectivity index (χ0n) is 9.38. The van der Waals surface area contributed by atoms with Crippen molar-refractivity contribution in [2.45, 2.75) is 0 Å². The third-order valence-electron chi connectivity index (χ3n) is 2.44. The molecule has 4 nitrogen and oxygen atoms in total. The van der Waals surface area contributed by atoms with E-state index in [1.807, 2.05) is 12.1 Å². The summed E-state index contributed by atoms with van der Waals surface area (Å²) >= 11 is 0. The first kappa shape index (κ1) is 11.1. The summed E-state index contributed by atoms with van der Waals surface area (Å²) < 4.78 is 5.03. The lowest BCUT2D eigenvalue weighted by atomic mass is 10.0. The maximum atomic E-state index is 11.3. The molecule has 0 atom stereocenters. The SMILES string of the molecule is COc1ccc(-c2ccccc2C(N)=O)nc1. The van der Waals surface area contributed by atoms with Crippen molar-refractivity contribution >= 4 is 5.91 Å². The van der Waals surface area contributed by atoms with E-state index in [9.17, 15) is 4.79 Å². The number of carbonyl (C=O) groups is 1. The van der Waals surface area contributed by atoms with Gasteiger partial charge in [-0.05, 0) is 18.2 Å². The Morgan fingerprint density at radius 2 is 2.00 bits per heavy atom. The maximum Gasteiger partial charge on any atom is 0.249 e. The Bertz CT molecular complexity index is 535. The van der Waals surface area contributed by atoms with Crippen LogP contribution in [0.3, 0.4) is 0 Å². The smallest absolute Gasteiger partial charge is 0.249 e. The van der Waals surface area contributed by atoms with Crippen LogP contribution in [0, 0.1) is 0 Å². The van der Waals surface area contributed by atoms with Gasteiger partial charge in [-0.3, -0.25) is 9.78 Å². The Morgan fingerprint density at radius 3 is 2.59 bits per heavy atom. The minimum Gasteiger partial charge on any atom is -0.495 e. The van der Waals surface area contributed by atoms with Gasteiger partial charge >= 0.3 is 0 Å². The fraction of sp³-hybridized carbons (Fsp3) is 0.0769. The van der Waals surface area contributed by atoms with Crippen molar-refractivity contribution in [3.8, 4) is 17.0 Å². The molecule has 0 saturated carbocycles. The van der Waals surface area contributed by atoms with Crippen molar-refractivity contribution in [1.82, 2.24) is 4.98 Å². The van der Waals surface area contributed by atoms with Crippen LogP contribution < -0.4 is 10.5 Å². The molecule has 0 saturated heterocycles. The van der Waals surface area contributed by atoms with E-state index in [1.54, 1.807) is 37.6 Å². The number of methoxy groups -OCH3 is 1. The number of benzene rings is 1. The molecule has 1 heterocycles. The molecular weight excluding hydrogens is 216 g/mol. The van der Waals surface area contributed by atoms with Gasteiger partial charge in [-0.1, -0.05) is 18.2 Å². The molecule has 1 amide bonds. The number of nitrogens with zero attached hydrogens (tertiary/aromatic N) is 1. The molecular formula is C13H12N2O2. The van der Waals surface area contributed by atoms with E-state index < -0.39 is 5.91 Å². The number of ether oxygens (including phenoxy) is 1. The lowest BCUT2D eigenvalue weighted by molar-refractivity contribution is 0.100. The summed E-state index contributed by atoms with van der Waals surface area (Å²) in [6.45, 7) is 0. The van der Waals surface area contributed by atoms with Gasteiger partial charge in [0.25, 0.3) is 0 Å². The van der Waals surface area contributed by atoms with Gasteiger partial charge in [0.05, 0.1) is 19.0 Å². The average molecular weight is 228 g/mol. The minimum absolute atomic E-state index is 0.460. The van der Waals surface area contributed by atoms with Gasteiger partial charge in [-0.25, -0.2) is 0 Å². The van der Waals surface area contributed by atoms with E-state index in [1.165, 1.54) is 0 Å². The van der Waals surface area contributed by atoms with Gasteiger partial charge in [0.15, 0.2) is 0 Å². The highest BCUT2D eigenvalue weighted by Crippen LogP contribution is 2.22. The van der Waals surface area contributed by atoms with Crippen molar-refractivity contribution in [2.24, 2.45) is 5.73 Å². The summed E-state index contributed by atoms with van der Waals surface area (Å²) in [5, 5.41) is 0. The molecule has 0 spiro atoms. The fourth-order valence-corrected chi connectivity index (χ4v) is 1.58. The summed E-state index contributed by atoms with van der Waals surface area (Å²) in [4.78, 5) is 15.5. The topological polar surface area (TPSA) is 65.2 Å². The number of hydrogen-bond acceptors (Lipinski definition) is 3. The lowest BCUT2D eigenvalue weighted by Gasteiger charge is -2.06. The van der Waals surface area contributed by atoms with Gasteiger partial charge in [-0.2, -0.15) is 0 Å². The quantitative estimate of drug-likeness (QED) is 0.871. The van der Waals surface area contributed by atoms with Crippen LogP contribution in [0.25, 0.3) is 11.3 Å². The molecule has 17 heavy (non-hydrogen) atoms. The van der Waals surface area contributed by atoms with Crippen molar-refractivity contribution in [3.05, 3.63) is 48.2 Å². The molecule has 2 N–H and O–H groups in total. The highest BCUT2D eigenvalue weighted by molar-refractivity contribution is 5.99. The zero-order valence-corrected chi connectivity index (χ0v) is 9.38. The zero-order chi connectivity index (χ0) is 12.3. The van der Waals surface area contributed by atoms with E-state index in [-0.39, 0.29) is 0 Å². The first-order valence-electron chi connectivity index (χ1n) is 5.11. The molecule has 0 aliphatic carbocycles. The van der Waals surface area contributed by atoms with Crippen LogP contribution in [-0.2, 0) is 0 Å². The van der Waals surface area contributed by atoms with Gasteiger partial charge in [0.2, 0.25) is 5.91 Å². The Labute approximate surface area is 99.1 Å². The second kappa shape index (κ2) is 4.65. The normalized spacial score (nSPS) is 9.94. The largest absolute Gasteiger partial charge is 0.495 e. The van der Waals surface area contributed by atoms with Gasteiger partial charge in [-0.15, -0.1) is 0 Å². The fourth-order valence-electron chi connectivity index (χ4n) is 1.58. The molecule has 86 valence electrons. The summed E-state index contributed by atoms with van der Waals surface area (Å²) in [5.41, 5.74) is 7.20. The predicted molar refractivity (Wildman–Crippen MR) is 64.7 cm³/mol. The monoisotopic (exact) mass is 228 g/mol. The minimum atomic E-state index is -0.460. The second-order valence-electron chi connectivity index (χ2n) is 3.49. The van der Waals surface area contributed by atoms with Crippen LogP contribution in [0.15, 0.2) is 42.6 Å². The van der Waals surface area contributed by atoms with Crippen LogP contribution >= 0.6 is 0 Å². The second-order valence-corrected chi connectivity index (χ2v) is 3.49. The number of pyridine rings is 1. The highest BCUT2D eigenvalue weighted by atomic mass is 16.5. The summed E-state index contributed by atoms with van der Waals surface area (Å²) in [6.07, 6.45) is 1.60. The molecule has 2 aromatic rings. The molecule has 0 aliphatic heterocycles. The third kappa shape index (κ3) is 2.25. The first-order chi connectivity index (χ1) is 8.22. The van der Waals surface area contributed by atoms with Crippen LogP contribution in [0.5, 0.6) is 5.75 Å². The molecule has 0 unspecified atom stereocenters. The van der Waals surface area contributed by atoms with E-state index in [0.29, 0.717) is 17.0 Å². The molecule has 4 heteroatoms. The van der Waals surface area contributed by atoms with E-state index >= 15 is 0 Å². The van der Waals surface area contributed by atoms with Crippen molar-refractivity contribution in [1.29, 1.82) is 0 Å². The lowest BCUT2D eigenvalue weighted by Crippen LogP contribution is -2.12. The van der Waals surface area contributed by atoms with Crippen molar-refractivity contribution < 1.29 is 9.53 Å². The molecule has 0 fully saturated rings. The van der Waals surface area contributed by atoms with Gasteiger partial charge < -0.3 is 10.5 Å². The number of rotatable bonds is 3. The number of aromatic nitrogens is 1. The molecule has 1 aromatic heterocycles. The van der Waals surface area contributed by atoms with Crippen molar-refractivity contribution in [3.63, 3.8) is 0 Å². The molecule has 1 aromatic carbocycles. The Hall–Kier alpha value is -2.36. The van der Waals surface area contributed by atoms with E-state index in [0.717, 1.165) is 5.56 Å². The van der Waals surface area contributed by atoms with E-state index in [4.69, 9.17) is 10.5 Å². The Balaban J connectivity index is 2.48. The van der Waals surface area contributed by atoms with Crippen LogP contribution in [-0.4, -0.2) is 18.0 Å². The predicted octanol–water partition coefficient (Wildman–Crippen LogP) is 1.86. The Morgan fingerprint density at radius 1 is 1.24 bits per heavy atom. The van der Waals surface area contributed by atoms with E-state index in [2.05, 4.69) is 4.98 Å². The highest BCUT2D eigenvalue weighted by Gasteiger charge is 2.09. The first-order valence-corrected chi connectivity index (χ1v) is 5.11. The number of primary amides is 1.